The van der Waals surface area contributed by atoms with Gasteiger partial charge in [-0.1, -0.05) is 25.6 Å². The molecule has 1 rings (SSSR count). The number of allylic oxidation sites excluding steroid dienone is 1. The van der Waals surface area contributed by atoms with Crippen LogP contribution in [0, 0.1) is 0 Å². The summed E-state index contributed by atoms with van der Waals surface area (Å²) in [6.45, 7) is 4.07. The van der Waals surface area contributed by atoms with Crippen LogP contribution >= 0.6 is 11.8 Å². The average molecular weight is 200 g/mol. The van der Waals surface area contributed by atoms with Crippen molar-refractivity contribution in [3.8, 4) is 0 Å². The fourth-order valence-corrected chi connectivity index (χ4v) is 2.15. The molecule has 0 saturated carbocycles. The Morgan fingerprint density at radius 1 is 1.69 bits per heavy atom. The molecule has 74 valence electrons. The van der Waals surface area contributed by atoms with E-state index in [0.717, 1.165) is 12.8 Å². The summed E-state index contributed by atoms with van der Waals surface area (Å²) < 4.78 is 0. The summed E-state index contributed by atoms with van der Waals surface area (Å²) in [5.41, 5.74) is 5.59. The van der Waals surface area contributed by atoms with Crippen molar-refractivity contribution in [3.63, 3.8) is 0 Å². The number of carbonyl (C=O) groups is 1. The Morgan fingerprint density at radius 2 is 2.38 bits per heavy atom. The van der Waals surface area contributed by atoms with Gasteiger partial charge in [-0.25, -0.2) is 0 Å². The Kier molecular flexibility index (Phi) is 3.81. The Morgan fingerprint density at radius 3 is 2.85 bits per heavy atom. The maximum Gasteiger partial charge on any atom is 0.228 e. The highest BCUT2D eigenvalue weighted by atomic mass is 32.2. The second kappa shape index (κ2) is 4.67. The van der Waals surface area contributed by atoms with Gasteiger partial charge in [0.2, 0.25) is 5.91 Å². The number of rotatable bonds is 3. The molecule has 0 bridgehead atoms. The lowest BCUT2D eigenvalue weighted by Gasteiger charge is -2.18. The molecule has 3 nitrogen and oxygen atoms in total. The largest absolute Gasteiger partial charge is 0.302 e. The van der Waals surface area contributed by atoms with Crippen molar-refractivity contribution >= 4 is 17.7 Å². The van der Waals surface area contributed by atoms with Crippen LogP contribution < -0.4 is 5.73 Å². The van der Waals surface area contributed by atoms with Gasteiger partial charge in [0.25, 0.3) is 0 Å². The number of amides is 1. The quantitative estimate of drug-likeness (QED) is 0.756. The lowest BCUT2D eigenvalue weighted by molar-refractivity contribution is -0.129. The van der Waals surface area contributed by atoms with Gasteiger partial charge in [0.15, 0.2) is 0 Å². The van der Waals surface area contributed by atoms with E-state index in [1.165, 1.54) is 4.91 Å². The molecule has 1 amide bonds. The van der Waals surface area contributed by atoms with Gasteiger partial charge < -0.3 is 5.73 Å². The first-order valence-corrected chi connectivity index (χ1v) is 5.51. The Bertz CT molecular complexity index is 228. The third-order valence-corrected chi connectivity index (χ3v) is 3.10. The van der Waals surface area contributed by atoms with Crippen LogP contribution in [0.5, 0.6) is 0 Å². The fourth-order valence-electron chi connectivity index (χ4n) is 1.20. The van der Waals surface area contributed by atoms with Crippen molar-refractivity contribution in [3.05, 3.63) is 11.1 Å². The van der Waals surface area contributed by atoms with Gasteiger partial charge in [-0.05, 0) is 12.8 Å². The highest BCUT2D eigenvalue weighted by Gasteiger charge is 2.25. The Balaban J connectivity index is 2.59. The highest BCUT2D eigenvalue weighted by Crippen LogP contribution is 2.31. The van der Waals surface area contributed by atoms with Crippen LogP contribution in [0.3, 0.4) is 0 Å². The summed E-state index contributed by atoms with van der Waals surface area (Å²) >= 11 is 1.57. The van der Waals surface area contributed by atoms with Crippen molar-refractivity contribution in [1.82, 2.24) is 4.90 Å². The predicted octanol–water partition coefficient (Wildman–Crippen LogP) is 1.86. The molecule has 0 fully saturated rings. The van der Waals surface area contributed by atoms with E-state index in [1.54, 1.807) is 16.7 Å². The molecular weight excluding hydrogens is 184 g/mol. The first-order chi connectivity index (χ1) is 6.19. The van der Waals surface area contributed by atoms with Crippen molar-refractivity contribution in [2.75, 3.05) is 0 Å². The molecule has 0 aliphatic carbocycles. The molecule has 1 aliphatic heterocycles. The Hall–Kier alpha value is -0.480. The summed E-state index contributed by atoms with van der Waals surface area (Å²) in [7, 11) is 0. The molecular formula is C9H16N2OS. The molecule has 13 heavy (non-hydrogen) atoms. The van der Waals surface area contributed by atoms with Crippen LogP contribution in [0.25, 0.3) is 0 Å². The van der Waals surface area contributed by atoms with E-state index >= 15 is 0 Å². The first kappa shape index (κ1) is 10.6. The number of nitrogens with two attached hydrogens (primary N) is 1. The molecule has 1 aliphatic rings. The van der Waals surface area contributed by atoms with Gasteiger partial charge in [0, 0.05) is 17.5 Å². The molecule has 4 heteroatoms. The third kappa shape index (κ3) is 2.48. The minimum atomic E-state index is -0.200. The molecule has 1 heterocycles. The van der Waals surface area contributed by atoms with E-state index in [4.69, 9.17) is 5.73 Å². The minimum absolute atomic E-state index is 0.131. The Labute approximate surface area is 83.3 Å². The average Bonchev–Trinajstić information content (AvgIpc) is 2.47. The van der Waals surface area contributed by atoms with Crippen molar-refractivity contribution in [2.45, 2.75) is 38.6 Å². The number of hydrogen-bond acceptors (Lipinski definition) is 3. The monoisotopic (exact) mass is 200 g/mol. The molecule has 2 N–H and O–H groups in total. The molecule has 0 radical (unpaired) electrons. The van der Waals surface area contributed by atoms with Crippen molar-refractivity contribution in [1.29, 1.82) is 0 Å². The highest BCUT2D eigenvalue weighted by molar-refractivity contribution is 8.03. The van der Waals surface area contributed by atoms with E-state index in [0.29, 0.717) is 6.42 Å². The zero-order chi connectivity index (χ0) is 9.84. The summed E-state index contributed by atoms with van der Waals surface area (Å²) in [5, 5.41) is 0. The first-order valence-electron chi connectivity index (χ1n) is 4.63. The van der Waals surface area contributed by atoms with Crippen LogP contribution in [0.1, 0.15) is 33.1 Å². The van der Waals surface area contributed by atoms with Crippen molar-refractivity contribution in [2.24, 2.45) is 5.73 Å². The zero-order valence-corrected chi connectivity index (χ0v) is 8.93. The SMILES string of the molecule is CCCC(=O)N1C=C(CC)SC1N. The maximum atomic E-state index is 11.5. The van der Waals surface area contributed by atoms with E-state index in [9.17, 15) is 4.79 Å². The van der Waals surface area contributed by atoms with Crippen LogP contribution in [0.4, 0.5) is 0 Å². The summed E-state index contributed by atoms with van der Waals surface area (Å²) in [6.07, 6.45) is 4.30. The lowest BCUT2D eigenvalue weighted by atomic mass is 10.3. The van der Waals surface area contributed by atoms with Gasteiger partial charge in [0.05, 0.1) is 0 Å². The zero-order valence-electron chi connectivity index (χ0n) is 8.12. The van der Waals surface area contributed by atoms with Gasteiger partial charge in [-0.3, -0.25) is 9.69 Å². The second-order valence-electron chi connectivity index (χ2n) is 3.01. The van der Waals surface area contributed by atoms with E-state index in [2.05, 4.69) is 6.92 Å². The van der Waals surface area contributed by atoms with Crippen LogP contribution in [-0.2, 0) is 4.79 Å². The molecule has 1 atom stereocenters. The van der Waals surface area contributed by atoms with Crippen LogP contribution in [0.2, 0.25) is 0 Å². The number of carbonyl (C=O) groups excluding carboxylic acids is 1. The maximum absolute atomic E-state index is 11.5. The number of nitrogens with zero attached hydrogens (tertiary/aromatic N) is 1. The summed E-state index contributed by atoms with van der Waals surface area (Å²) in [4.78, 5) is 14.3. The second-order valence-corrected chi connectivity index (χ2v) is 4.25. The fraction of sp³-hybridized carbons (Fsp3) is 0.667. The molecule has 0 aromatic rings. The third-order valence-electron chi connectivity index (χ3n) is 1.93. The summed E-state index contributed by atoms with van der Waals surface area (Å²) in [6, 6.07) is 0. The smallest absolute Gasteiger partial charge is 0.228 e. The van der Waals surface area contributed by atoms with E-state index < -0.39 is 0 Å². The van der Waals surface area contributed by atoms with Gasteiger partial charge in [-0.15, -0.1) is 0 Å². The molecule has 0 spiro atoms. The standard InChI is InChI=1S/C9H16N2OS/c1-3-5-8(12)11-6-7(4-2)13-9(11)10/h6,9H,3-5,10H2,1-2H3. The number of hydrogen-bond donors (Lipinski definition) is 1. The van der Waals surface area contributed by atoms with Crippen LogP contribution in [-0.4, -0.2) is 16.3 Å². The molecule has 1 unspecified atom stereocenters. The lowest BCUT2D eigenvalue weighted by Crippen LogP contribution is -2.36. The van der Waals surface area contributed by atoms with Crippen LogP contribution in [0.15, 0.2) is 11.1 Å². The molecule has 0 aromatic carbocycles. The van der Waals surface area contributed by atoms with Gasteiger partial charge >= 0.3 is 0 Å². The van der Waals surface area contributed by atoms with Gasteiger partial charge in [-0.2, -0.15) is 0 Å². The predicted molar refractivity (Wildman–Crippen MR) is 55.7 cm³/mol. The topological polar surface area (TPSA) is 46.3 Å². The van der Waals surface area contributed by atoms with Gasteiger partial charge in [0.1, 0.15) is 5.50 Å². The minimum Gasteiger partial charge on any atom is -0.302 e. The number of thioether (sulfide) groups is 1. The molecule has 0 aromatic heterocycles. The van der Waals surface area contributed by atoms with E-state index in [1.807, 2.05) is 13.1 Å². The normalized spacial score (nSPS) is 21.9. The van der Waals surface area contributed by atoms with E-state index in [-0.39, 0.29) is 11.4 Å². The summed E-state index contributed by atoms with van der Waals surface area (Å²) in [5.74, 6) is 0.131. The molecule has 0 saturated heterocycles. The van der Waals surface area contributed by atoms with Crippen molar-refractivity contribution < 1.29 is 4.79 Å².